The van der Waals surface area contributed by atoms with Crippen molar-refractivity contribution in [2.24, 2.45) is 0 Å². The van der Waals surface area contributed by atoms with Gasteiger partial charge in [-0.1, -0.05) is 6.92 Å². The Bertz CT molecular complexity index is 583. The number of Topliss-reactive ketones (excluding diaryl/α,β-unsaturated/α-hetero) is 1. The summed E-state index contributed by atoms with van der Waals surface area (Å²) >= 11 is 0. The molecular weight excluding hydrogens is 272 g/mol. The standard InChI is InChI=1S/C15H18N2O4/c1-2-16-12(5-6-14(19)20)15(21)9-3-4-11-10(7-9)8-13(18)17-11/h3-4,7,12,16H,2,5-6,8H2,1H3,(H,17,18)(H,19,20). The number of ketones is 1. The third-order valence-electron chi connectivity index (χ3n) is 3.43. The van der Waals surface area contributed by atoms with Crippen molar-refractivity contribution in [1.29, 1.82) is 0 Å². The molecule has 0 aromatic heterocycles. The zero-order valence-corrected chi connectivity index (χ0v) is 11.8. The summed E-state index contributed by atoms with van der Waals surface area (Å²) < 4.78 is 0. The predicted octanol–water partition coefficient (Wildman–Crippen LogP) is 1.21. The van der Waals surface area contributed by atoms with Crippen molar-refractivity contribution in [1.82, 2.24) is 5.32 Å². The lowest BCUT2D eigenvalue weighted by Gasteiger charge is -2.16. The van der Waals surface area contributed by atoms with E-state index in [0.717, 1.165) is 11.3 Å². The molecule has 21 heavy (non-hydrogen) atoms. The van der Waals surface area contributed by atoms with Crippen molar-refractivity contribution >= 4 is 23.3 Å². The number of benzene rings is 1. The smallest absolute Gasteiger partial charge is 0.303 e. The molecule has 0 spiro atoms. The molecule has 112 valence electrons. The van der Waals surface area contributed by atoms with E-state index in [-0.39, 0.29) is 31.0 Å². The lowest BCUT2D eigenvalue weighted by atomic mass is 9.97. The van der Waals surface area contributed by atoms with Crippen LogP contribution in [0.4, 0.5) is 5.69 Å². The van der Waals surface area contributed by atoms with Gasteiger partial charge in [-0.3, -0.25) is 14.4 Å². The Hall–Kier alpha value is -2.21. The molecule has 0 fully saturated rings. The maximum Gasteiger partial charge on any atom is 0.303 e. The average molecular weight is 290 g/mol. The Labute approximate surface area is 122 Å². The van der Waals surface area contributed by atoms with Gasteiger partial charge in [0.2, 0.25) is 5.91 Å². The molecule has 6 nitrogen and oxygen atoms in total. The molecule has 1 aliphatic rings. The molecule has 1 amide bonds. The number of nitrogens with one attached hydrogen (secondary N) is 2. The van der Waals surface area contributed by atoms with Crippen LogP contribution in [0, 0.1) is 0 Å². The molecule has 0 radical (unpaired) electrons. The lowest BCUT2D eigenvalue weighted by molar-refractivity contribution is -0.137. The van der Waals surface area contributed by atoms with E-state index in [0.29, 0.717) is 12.1 Å². The zero-order valence-electron chi connectivity index (χ0n) is 11.8. The van der Waals surface area contributed by atoms with Gasteiger partial charge in [-0.15, -0.1) is 0 Å². The number of amides is 1. The first kappa shape index (κ1) is 15.2. The van der Waals surface area contributed by atoms with Crippen LogP contribution in [0.25, 0.3) is 0 Å². The van der Waals surface area contributed by atoms with Gasteiger partial charge in [-0.05, 0) is 36.7 Å². The van der Waals surface area contributed by atoms with E-state index in [1.807, 2.05) is 6.92 Å². The summed E-state index contributed by atoms with van der Waals surface area (Å²) in [6, 6.07) is 4.57. The minimum atomic E-state index is -0.922. The number of carbonyl (C=O) groups excluding carboxylic acids is 2. The molecule has 1 aliphatic heterocycles. The number of carbonyl (C=O) groups is 3. The van der Waals surface area contributed by atoms with Gasteiger partial charge >= 0.3 is 5.97 Å². The fourth-order valence-corrected chi connectivity index (χ4v) is 2.42. The molecule has 1 unspecified atom stereocenters. The third-order valence-corrected chi connectivity index (χ3v) is 3.43. The fourth-order valence-electron chi connectivity index (χ4n) is 2.42. The number of likely N-dealkylation sites (N-methyl/N-ethyl adjacent to an activating group) is 1. The summed E-state index contributed by atoms with van der Waals surface area (Å²) in [4.78, 5) is 34.5. The molecule has 0 aliphatic carbocycles. The summed E-state index contributed by atoms with van der Waals surface area (Å²) in [5.41, 5.74) is 2.04. The van der Waals surface area contributed by atoms with Crippen LogP contribution < -0.4 is 10.6 Å². The van der Waals surface area contributed by atoms with Crippen LogP contribution in [-0.4, -0.2) is 35.4 Å². The van der Waals surface area contributed by atoms with Gasteiger partial charge in [0.15, 0.2) is 5.78 Å². The summed E-state index contributed by atoms with van der Waals surface area (Å²) in [6.45, 7) is 2.45. The Morgan fingerprint density at radius 1 is 1.43 bits per heavy atom. The molecule has 0 bridgehead atoms. The van der Waals surface area contributed by atoms with Gasteiger partial charge in [-0.25, -0.2) is 0 Å². The Kier molecular flexibility index (Phi) is 4.70. The number of carboxylic acids is 1. The van der Waals surface area contributed by atoms with Crippen LogP contribution in [0.2, 0.25) is 0 Å². The van der Waals surface area contributed by atoms with E-state index in [2.05, 4.69) is 10.6 Å². The van der Waals surface area contributed by atoms with Crippen LogP contribution in [0.3, 0.4) is 0 Å². The molecule has 0 saturated heterocycles. The molecule has 6 heteroatoms. The zero-order chi connectivity index (χ0) is 15.4. The number of hydrogen-bond acceptors (Lipinski definition) is 4. The Morgan fingerprint density at radius 3 is 2.86 bits per heavy atom. The lowest BCUT2D eigenvalue weighted by Crippen LogP contribution is -2.37. The molecule has 1 aromatic rings. The van der Waals surface area contributed by atoms with Gasteiger partial charge in [0, 0.05) is 17.7 Å². The number of fused-ring (bicyclic) bond motifs is 1. The van der Waals surface area contributed by atoms with Crippen molar-refractivity contribution in [2.75, 3.05) is 11.9 Å². The van der Waals surface area contributed by atoms with E-state index < -0.39 is 12.0 Å². The molecule has 1 atom stereocenters. The monoisotopic (exact) mass is 290 g/mol. The maximum absolute atomic E-state index is 12.5. The molecule has 0 saturated carbocycles. The SMILES string of the molecule is CCNC(CCC(=O)O)C(=O)c1ccc2c(c1)CC(=O)N2. The van der Waals surface area contributed by atoms with E-state index >= 15 is 0 Å². The molecule has 2 rings (SSSR count). The number of aliphatic carboxylic acids is 1. The summed E-state index contributed by atoms with van der Waals surface area (Å²) in [6.07, 6.45) is 0.460. The summed E-state index contributed by atoms with van der Waals surface area (Å²) in [7, 11) is 0. The predicted molar refractivity (Wildman–Crippen MR) is 77.4 cm³/mol. The second kappa shape index (κ2) is 6.49. The second-order valence-corrected chi connectivity index (χ2v) is 5.00. The van der Waals surface area contributed by atoms with E-state index in [1.165, 1.54) is 0 Å². The maximum atomic E-state index is 12.5. The van der Waals surface area contributed by atoms with Crippen LogP contribution in [0.1, 0.15) is 35.7 Å². The topological polar surface area (TPSA) is 95.5 Å². The highest BCUT2D eigenvalue weighted by molar-refractivity contribution is 6.04. The highest BCUT2D eigenvalue weighted by Gasteiger charge is 2.23. The quantitative estimate of drug-likeness (QED) is 0.656. The number of hydrogen-bond donors (Lipinski definition) is 3. The van der Waals surface area contributed by atoms with Crippen molar-refractivity contribution in [3.05, 3.63) is 29.3 Å². The van der Waals surface area contributed by atoms with E-state index in [1.54, 1.807) is 18.2 Å². The second-order valence-electron chi connectivity index (χ2n) is 5.00. The van der Waals surface area contributed by atoms with Crippen molar-refractivity contribution in [2.45, 2.75) is 32.2 Å². The Balaban J connectivity index is 2.15. The normalized spacial score (nSPS) is 14.4. The molecular formula is C15H18N2O4. The van der Waals surface area contributed by atoms with Gasteiger partial charge in [-0.2, -0.15) is 0 Å². The van der Waals surface area contributed by atoms with E-state index in [4.69, 9.17) is 5.11 Å². The Morgan fingerprint density at radius 2 is 2.19 bits per heavy atom. The van der Waals surface area contributed by atoms with Crippen LogP contribution in [0.5, 0.6) is 0 Å². The highest BCUT2D eigenvalue weighted by Crippen LogP contribution is 2.24. The summed E-state index contributed by atoms with van der Waals surface area (Å²) in [5, 5.41) is 14.5. The van der Waals surface area contributed by atoms with Crippen LogP contribution in [-0.2, 0) is 16.0 Å². The first-order valence-electron chi connectivity index (χ1n) is 6.93. The number of rotatable bonds is 7. The van der Waals surface area contributed by atoms with Gasteiger partial charge < -0.3 is 15.7 Å². The van der Waals surface area contributed by atoms with E-state index in [9.17, 15) is 14.4 Å². The van der Waals surface area contributed by atoms with Gasteiger partial charge in [0.1, 0.15) is 0 Å². The minimum Gasteiger partial charge on any atom is -0.481 e. The summed E-state index contributed by atoms with van der Waals surface area (Å²) in [5.74, 6) is -1.14. The largest absolute Gasteiger partial charge is 0.481 e. The van der Waals surface area contributed by atoms with Crippen molar-refractivity contribution in [3.8, 4) is 0 Å². The average Bonchev–Trinajstić information content (AvgIpc) is 2.81. The number of anilines is 1. The molecule has 1 heterocycles. The van der Waals surface area contributed by atoms with Gasteiger partial charge in [0.25, 0.3) is 0 Å². The number of carboxylic acid groups (broad SMARTS) is 1. The molecule has 1 aromatic carbocycles. The van der Waals surface area contributed by atoms with Gasteiger partial charge in [0.05, 0.1) is 12.5 Å². The molecule has 3 N–H and O–H groups in total. The first-order valence-corrected chi connectivity index (χ1v) is 6.93. The minimum absolute atomic E-state index is 0.0611. The first-order chi connectivity index (χ1) is 10.0. The third kappa shape index (κ3) is 3.66. The van der Waals surface area contributed by atoms with Crippen LogP contribution >= 0.6 is 0 Å². The van der Waals surface area contributed by atoms with Crippen molar-refractivity contribution < 1.29 is 19.5 Å². The van der Waals surface area contributed by atoms with Crippen molar-refractivity contribution in [3.63, 3.8) is 0 Å². The highest BCUT2D eigenvalue weighted by atomic mass is 16.4. The van der Waals surface area contributed by atoms with Crippen LogP contribution in [0.15, 0.2) is 18.2 Å². The fraction of sp³-hybridized carbons (Fsp3) is 0.400.